The third-order valence-electron chi connectivity index (χ3n) is 2.87. The Kier molecular flexibility index (Phi) is 2.68. The number of halogens is 2. The second kappa shape index (κ2) is 3.75. The van der Waals surface area contributed by atoms with Crippen molar-refractivity contribution in [2.45, 2.75) is 18.4 Å². The van der Waals surface area contributed by atoms with E-state index in [-0.39, 0.29) is 12.8 Å². The number of nitriles is 1. The van der Waals surface area contributed by atoms with Crippen LogP contribution in [-0.4, -0.2) is 16.6 Å². The molecule has 1 fully saturated rings. The molecule has 16 heavy (non-hydrogen) atoms. The van der Waals surface area contributed by atoms with Gasteiger partial charge in [0, 0.05) is 12.4 Å². The summed E-state index contributed by atoms with van der Waals surface area (Å²) < 4.78 is 13.5. The van der Waals surface area contributed by atoms with Crippen LogP contribution in [0.4, 0.5) is 4.39 Å². The first kappa shape index (κ1) is 11.4. The summed E-state index contributed by atoms with van der Waals surface area (Å²) in [7, 11) is 0. The second-order valence-electron chi connectivity index (χ2n) is 4.26. The van der Waals surface area contributed by atoms with E-state index in [1.54, 1.807) is 12.4 Å². The zero-order chi connectivity index (χ0) is 11.8. The zero-order valence-electron chi connectivity index (χ0n) is 8.45. The zero-order valence-corrected chi connectivity index (χ0v) is 10.0. The smallest absolute Gasteiger partial charge is 0.148 e. The van der Waals surface area contributed by atoms with Crippen molar-refractivity contribution >= 4 is 15.9 Å². The van der Waals surface area contributed by atoms with E-state index in [1.807, 2.05) is 6.07 Å². The summed E-state index contributed by atoms with van der Waals surface area (Å²) >= 11 is 3.22. The average molecular weight is 285 g/mol. The van der Waals surface area contributed by atoms with Gasteiger partial charge in [-0.3, -0.25) is 0 Å². The monoisotopic (exact) mass is 284 g/mol. The Balaban J connectivity index is 2.19. The first-order chi connectivity index (χ1) is 7.53. The molecule has 1 aromatic heterocycles. The highest BCUT2D eigenvalue weighted by atomic mass is 79.9. The van der Waals surface area contributed by atoms with Crippen LogP contribution in [0, 0.1) is 16.7 Å². The fourth-order valence-corrected chi connectivity index (χ4v) is 2.29. The highest BCUT2D eigenvalue weighted by molar-refractivity contribution is 9.10. The van der Waals surface area contributed by atoms with E-state index in [9.17, 15) is 4.39 Å². The van der Waals surface area contributed by atoms with Gasteiger partial charge in [0.05, 0.1) is 21.5 Å². The topological polar surface area (TPSA) is 75.6 Å². The first-order valence-electron chi connectivity index (χ1n) is 4.78. The second-order valence-corrected chi connectivity index (χ2v) is 5.18. The number of rotatable bonds is 2. The molecule has 4 nitrogen and oxygen atoms in total. The van der Waals surface area contributed by atoms with Gasteiger partial charge in [0.15, 0.2) is 0 Å². The van der Waals surface area contributed by atoms with Crippen LogP contribution >= 0.6 is 15.9 Å². The van der Waals surface area contributed by atoms with Crippen LogP contribution in [0.2, 0.25) is 0 Å². The van der Waals surface area contributed by atoms with Crippen LogP contribution in [0.3, 0.4) is 0 Å². The van der Waals surface area contributed by atoms with Crippen molar-refractivity contribution in [1.29, 1.82) is 5.26 Å². The number of hydrogen-bond donors (Lipinski definition) is 1. The molecule has 0 amide bonds. The lowest BCUT2D eigenvalue weighted by Gasteiger charge is -2.47. The largest absolute Gasteiger partial charge is 0.319 e. The van der Waals surface area contributed by atoms with E-state index in [0.29, 0.717) is 5.82 Å². The summed E-state index contributed by atoms with van der Waals surface area (Å²) in [6.07, 6.45) is 3.74. The van der Waals surface area contributed by atoms with Crippen molar-refractivity contribution in [1.82, 2.24) is 9.97 Å². The Labute approximate surface area is 101 Å². The number of aromatic nitrogens is 2. The normalized spacial score (nSPS) is 32.9. The van der Waals surface area contributed by atoms with Crippen molar-refractivity contribution in [2.75, 3.05) is 6.67 Å². The Morgan fingerprint density at radius 3 is 2.50 bits per heavy atom. The van der Waals surface area contributed by atoms with Crippen molar-refractivity contribution < 1.29 is 4.39 Å². The van der Waals surface area contributed by atoms with Crippen molar-refractivity contribution in [3.8, 4) is 6.07 Å². The molecular weight excluding hydrogens is 275 g/mol. The predicted octanol–water partition coefficient (Wildman–Crippen LogP) is 1.67. The van der Waals surface area contributed by atoms with Crippen LogP contribution in [0.5, 0.6) is 0 Å². The van der Waals surface area contributed by atoms with Gasteiger partial charge < -0.3 is 5.73 Å². The molecule has 0 aliphatic heterocycles. The summed E-state index contributed by atoms with van der Waals surface area (Å²) in [6.45, 7) is -0.668. The van der Waals surface area contributed by atoms with Gasteiger partial charge in [-0.15, -0.1) is 0 Å². The molecule has 0 aromatic carbocycles. The van der Waals surface area contributed by atoms with E-state index in [4.69, 9.17) is 11.0 Å². The van der Waals surface area contributed by atoms with Gasteiger partial charge in [0.25, 0.3) is 0 Å². The summed E-state index contributed by atoms with van der Waals surface area (Å²) in [5.41, 5.74) is 4.34. The summed E-state index contributed by atoms with van der Waals surface area (Å²) in [6, 6.07) is 1.98. The summed E-state index contributed by atoms with van der Waals surface area (Å²) in [5, 5.41) is 8.87. The molecule has 1 aliphatic rings. The highest BCUT2D eigenvalue weighted by Gasteiger charge is 2.55. The average Bonchev–Trinajstić information content (AvgIpc) is 2.25. The fraction of sp³-hybridized carbons (Fsp3) is 0.500. The van der Waals surface area contributed by atoms with Gasteiger partial charge >= 0.3 is 0 Å². The molecular formula is C10H10BrFN4. The minimum atomic E-state index is -0.939. The van der Waals surface area contributed by atoms with Crippen LogP contribution in [0.15, 0.2) is 16.9 Å². The van der Waals surface area contributed by atoms with Gasteiger partial charge in [-0.2, -0.15) is 5.26 Å². The molecule has 84 valence electrons. The molecule has 0 atom stereocenters. The third kappa shape index (κ3) is 1.70. The van der Waals surface area contributed by atoms with Gasteiger partial charge in [0.2, 0.25) is 0 Å². The van der Waals surface area contributed by atoms with Crippen LogP contribution in [-0.2, 0) is 5.54 Å². The molecule has 0 saturated heterocycles. The lowest BCUT2D eigenvalue weighted by molar-refractivity contribution is 0.0472. The van der Waals surface area contributed by atoms with Crippen molar-refractivity contribution in [2.24, 2.45) is 11.1 Å². The Bertz CT molecular complexity index is 433. The number of hydrogen-bond acceptors (Lipinski definition) is 4. The van der Waals surface area contributed by atoms with E-state index in [1.165, 1.54) is 0 Å². The molecule has 1 heterocycles. The number of nitrogens with zero attached hydrogens (tertiary/aromatic N) is 3. The molecule has 1 aromatic rings. The molecule has 6 heteroatoms. The standard InChI is InChI=1S/C10H10BrFN4/c11-7-1-15-8(16-2-7)10(14)3-9(4-10,5-12)6-13/h1-2H,3-5,14H2. The number of alkyl halides is 1. The van der Waals surface area contributed by atoms with Crippen molar-refractivity contribution in [3.05, 3.63) is 22.7 Å². The van der Waals surface area contributed by atoms with Crippen molar-refractivity contribution in [3.63, 3.8) is 0 Å². The molecule has 0 spiro atoms. The molecule has 2 rings (SSSR count). The number of nitrogens with two attached hydrogens (primary N) is 1. The van der Waals surface area contributed by atoms with E-state index in [0.717, 1.165) is 4.47 Å². The maximum absolute atomic E-state index is 12.7. The van der Waals surface area contributed by atoms with Gasteiger partial charge in [0.1, 0.15) is 12.5 Å². The van der Waals surface area contributed by atoms with Crippen LogP contribution < -0.4 is 5.73 Å². The SMILES string of the molecule is N#CC1(CF)CC(N)(c2ncc(Br)cn2)C1. The fourth-order valence-electron chi connectivity index (χ4n) is 2.09. The minimum Gasteiger partial charge on any atom is -0.319 e. The lowest BCUT2D eigenvalue weighted by atomic mass is 9.58. The molecule has 1 aliphatic carbocycles. The van der Waals surface area contributed by atoms with Gasteiger partial charge in [-0.25, -0.2) is 14.4 Å². The third-order valence-corrected chi connectivity index (χ3v) is 3.28. The quantitative estimate of drug-likeness (QED) is 0.896. The van der Waals surface area contributed by atoms with Crippen LogP contribution in [0.1, 0.15) is 18.7 Å². The molecule has 2 N–H and O–H groups in total. The molecule has 1 saturated carbocycles. The molecule has 0 radical (unpaired) electrons. The molecule has 0 unspecified atom stereocenters. The Morgan fingerprint density at radius 2 is 2.06 bits per heavy atom. The van der Waals surface area contributed by atoms with Gasteiger partial charge in [-0.05, 0) is 28.8 Å². The summed E-state index contributed by atoms with van der Waals surface area (Å²) in [4.78, 5) is 8.18. The maximum Gasteiger partial charge on any atom is 0.148 e. The molecule has 0 bridgehead atoms. The minimum absolute atomic E-state index is 0.272. The lowest BCUT2D eigenvalue weighted by Crippen LogP contribution is -2.56. The predicted molar refractivity (Wildman–Crippen MR) is 58.9 cm³/mol. The maximum atomic E-state index is 12.7. The van der Waals surface area contributed by atoms with Crippen LogP contribution in [0.25, 0.3) is 0 Å². The van der Waals surface area contributed by atoms with E-state index >= 15 is 0 Å². The summed E-state index contributed by atoms with van der Waals surface area (Å²) in [5.74, 6) is 0.468. The van der Waals surface area contributed by atoms with E-state index in [2.05, 4.69) is 25.9 Å². The van der Waals surface area contributed by atoms with Gasteiger partial charge in [-0.1, -0.05) is 0 Å². The first-order valence-corrected chi connectivity index (χ1v) is 5.57. The highest BCUT2D eigenvalue weighted by Crippen LogP contribution is 2.51. The van der Waals surface area contributed by atoms with E-state index < -0.39 is 17.6 Å². The Hall–Kier alpha value is -1.06. The Morgan fingerprint density at radius 1 is 1.50 bits per heavy atom.